The fraction of sp³-hybridized carbons (Fsp3) is 0.571. The molecule has 2 atom stereocenters. The molecule has 18 heavy (non-hydrogen) atoms. The van der Waals surface area contributed by atoms with E-state index in [1.54, 1.807) is 0 Å². The van der Waals surface area contributed by atoms with E-state index in [4.69, 9.17) is 10.5 Å². The zero-order valence-electron chi connectivity index (χ0n) is 11.1. The van der Waals surface area contributed by atoms with E-state index in [1.807, 2.05) is 19.1 Å². The number of ether oxygens (including phenoxy) is 1. The van der Waals surface area contributed by atoms with Crippen LogP contribution in [0.3, 0.4) is 0 Å². The van der Waals surface area contributed by atoms with Crippen LogP contribution >= 0.6 is 12.4 Å². The van der Waals surface area contributed by atoms with Gasteiger partial charge in [0.05, 0.1) is 6.61 Å². The molecule has 1 aromatic carbocycles. The van der Waals surface area contributed by atoms with Crippen LogP contribution in [0.25, 0.3) is 0 Å². The highest BCUT2D eigenvalue weighted by Crippen LogP contribution is 2.23. The van der Waals surface area contributed by atoms with E-state index >= 15 is 0 Å². The monoisotopic (exact) mass is 270 g/mol. The first-order valence-corrected chi connectivity index (χ1v) is 6.39. The Morgan fingerprint density at radius 3 is 2.67 bits per heavy atom. The van der Waals surface area contributed by atoms with Gasteiger partial charge < -0.3 is 10.5 Å². The fourth-order valence-electron chi connectivity index (χ4n) is 2.40. The average Bonchev–Trinajstić information content (AvgIpc) is 2.61. The lowest BCUT2D eigenvalue weighted by molar-refractivity contribution is 0.298. The van der Waals surface area contributed by atoms with Crippen LogP contribution in [0.2, 0.25) is 0 Å². The van der Waals surface area contributed by atoms with Crippen molar-refractivity contribution in [1.82, 2.24) is 4.90 Å². The lowest BCUT2D eigenvalue weighted by Crippen LogP contribution is -2.28. The Bertz CT molecular complexity index is 363. The van der Waals surface area contributed by atoms with Crippen LogP contribution in [0.15, 0.2) is 24.3 Å². The molecular formula is C14H23ClN2O. The van der Waals surface area contributed by atoms with Crippen LogP contribution in [0.1, 0.15) is 19.4 Å². The van der Waals surface area contributed by atoms with Gasteiger partial charge in [-0.3, -0.25) is 4.90 Å². The molecule has 1 fully saturated rings. The van der Waals surface area contributed by atoms with Crippen molar-refractivity contribution in [3.63, 3.8) is 0 Å². The minimum absolute atomic E-state index is 0. The lowest BCUT2D eigenvalue weighted by atomic mass is 10.1. The molecule has 2 rings (SSSR count). The zero-order chi connectivity index (χ0) is 12.3. The number of likely N-dealkylation sites (tertiary alicyclic amines) is 1. The highest BCUT2D eigenvalue weighted by Gasteiger charge is 2.26. The number of nitrogens with two attached hydrogens (primary N) is 1. The molecule has 1 aliphatic rings. The zero-order valence-corrected chi connectivity index (χ0v) is 12.0. The van der Waals surface area contributed by atoms with Crippen LogP contribution in [-0.2, 0) is 6.54 Å². The molecule has 2 unspecified atom stereocenters. The molecule has 1 aromatic rings. The predicted octanol–water partition coefficient (Wildman–Crippen LogP) is 2.29. The largest absolute Gasteiger partial charge is 0.494 e. The topological polar surface area (TPSA) is 38.5 Å². The van der Waals surface area contributed by atoms with Gasteiger partial charge in [0, 0.05) is 31.2 Å². The molecule has 0 bridgehead atoms. The van der Waals surface area contributed by atoms with Gasteiger partial charge in [-0.2, -0.15) is 0 Å². The molecule has 0 aliphatic carbocycles. The van der Waals surface area contributed by atoms with Gasteiger partial charge in [0.1, 0.15) is 5.75 Å². The van der Waals surface area contributed by atoms with Gasteiger partial charge in [-0.25, -0.2) is 0 Å². The van der Waals surface area contributed by atoms with E-state index in [0.29, 0.717) is 18.6 Å². The normalized spacial score (nSPS) is 23.7. The minimum Gasteiger partial charge on any atom is -0.494 e. The Hall–Kier alpha value is -0.770. The minimum atomic E-state index is 0. The van der Waals surface area contributed by atoms with Crippen molar-refractivity contribution in [1.29, 1.82) is 0 Å². The van der Waals surface area contributed by atoms with Gasteiger partial charge in [-0.15, -0.1) is 12.4 Å². The van der Waals surface area contributed by atoms with Crippen LogP contribution in [-0.4, -0.2) is 30.6 Å². The average molecular weight is 271 g/mol. The number of nitrogens with zero attached hydrogens (tertiary/aromatic N) is 1. The van der Waals surface area contributed by atoms with Gasteiger partial charge in [0.25, 0.3) is 0 Å². The SMILES string of the molecule is CCOc1ccccc1CN1CC(C)C(N)C1.Cl. The van der Waals surface area contributed by atoms with E-state index in [1.165, 1.54) is 5.56 Å². The Labute approximate surface area is 116 Å². The molecule has 0 saturated carbocycles. The standard InChI is InChI=1S/C14H22N2O.ClH/c1-3-17-14-7-5-4-6-12(14)9-16-8-11(2)13(15)10-16;/h4-7,11,13H,3,8-10,15H2,1-2H3;1H. The maximum absolute atomic E-state index is 6.05. The van der Waals surface area contributed by atoms with Crippen molar-refractivity contribution in [3.05, 3.63) is 29.8 Å². The number of benzene rings is 1. The molecule has 1 aliphatic heterocycles. The molecule has 4 heteroatoms. The molecule has 0 aromatic heterocycles. The summed E-state index contributed by atoms with van der Waals surface area (Å²) in [4.78, 5) is 2.41. The summed E-state index contributed by atoms with van der Waals surface area (Å²) in [6, 6.07) is 8.58. The number of para-hydroxylation sites is 1. The molecular weight excluding hydrogens is 248 g/mol. The maximum atomic E-state index is 6.05. The summed E-state index contributed by atoms with van der Waals surface area (Å²) in [5.74, 6) is 1.59. The highest BCUT2D eigenvalue weighted by atomic mass is 35.5. The molecule has 0 radical (unpaired) electrons. The van der Waals surface area contributed by atoms with Crippen molar-refractivity contribution < 1.29 is 4.74 Å². The Morgan fingerprint density at radius 2 is 2.06 bits per heavy atom. The molecule has 0 spiro atoms. The summed E-state index contributed by atoms with van der Waals surface area (Å²) in [6.45, 7) is 7.97. The van der Waals surface area contributed by atoms with E-state index in [0.717, 1.165) is 25.4 Å². The maximum Gasteiger partial charge on any atom is 0.123 e. The number of hydrogen-bond donors (Lipinski definition) is 1. The Balaban J connectivity index is 0.00000162. The Morgan fingerprint density at radius 1 is 1.33 bits per heavy atom. The fourth-order valence-corrected chi connectivity index (χ4v) is 2.40. The van der Waals surface area contributed by atoms with Gasteiger partial charge in [-0.1, -0.05) is 25.1 Å². The first-order valence-electron chi connectivity index (χ1n) is 6.39. The summed E-state index contributed by atoms with van der Waals surface area (Å²) in [6.07, 6.45) is 0. The van der Waals surface area contributed by atoms with Crippen molar-refractivity contribution in [2.45, 2.75) is 26.4 Å². The number of rotatable bonds is 4. The quantitative estimate of drug-likeness (QED) is 0.912. The van der Waals surface area contributed by atoms with E-state index in [-0.39, 0.29) is 12.4 Å². The summed E-state index contributed by atoms with van der Waals surface area (Å²) in [5, 5.41) is 0. The van der Waals surface area contributed by atoms with Crippen LogP contribution < -0.4 is 10.5 Å². The second-order valence-electron chi connectivity index (χ2n) is 4.88. The second-order valence-corrected chi connectivity index (χ2v) is 4.88. The highest BCUT2D eigenvalue weighted by molar-refractivity contribution is 5.85. The summed E-state index contributed by atoms with van der Waals surface area (Å²) < 4.78 is 5.64. The van der Waals surface area contributed by atoms with E-state index < -0.39 is 0 Å². The molecule has 1 heterocycles. The first kappa shape index (κ1) is 15.3. The van der Waals surface area contributed by atoms with E-state index in [9.17, 15) is 0 Å². The molecule has 3 nitrogen and oxygen atoms in total. The van der Waals surface area contributed by atoms with Gasteiger partial charge in [0.15, 0.2) is 0 Å². The van der Waals surface area contributed by atoms with Crippen LogP contribution in [0.4, 0.5) is 0 Å². The van der Waals surface area contributed by atoms with Crippen molar-refractivity contribution in [2.24, 2.45) is 11.7 Å². The third-order valence-electron chi connectivity index (χ3n) is 3.41. The molecule has 102 valence electrons. The molecule has 0 amide bonds. The summed E-state index contributed by atoms with van der Waals surface area (Å²) >= 11 is 0. The molecule has 1 saturated heterocycles. The van der Waals surface area contributed by atoms with Gasteiger partial charge in [-0.05, 0) is 18.9 Å². The molecule has 2 N–H and O–H groups in total. The lowest BCUT2D eigenvalue weighted by Gasteiger charge is -2.17. The smallest absolute Gasteiger partial charge is 0.123 e. The number of hydrogen-bond acceptors (Lipinski definition) is 3. The third-order valence-corrected chi connectivity index (χ3v) is 3.41. The van der Waals surface area contributed by atoms with Gasteiger partial charge in [0.2, 0.25) is 0 Å². The predicted molar refractivity (Wildman–Crippen MR) is 77.3 cm³/mol. The van der Waals surface area contributed by atoms with Gasteiger partial charge >= 0.3 is 0 Å². The van der Waals surface area contributed by atoms with E-state index in [2.05, 4.69) is 24.0 Å². The Kier molecular flexibility index (Phi) is 5.93. The second kappa shape index (κ2) is 6.98. The summed E-state index contributed by atoms with van der Waals surface area (Å²) in [7, 11) is 0. The third kappa shape index (κ3) is 3.61. The van der Waals surface area contributed by atoms with Crippen molar-refractivity contribution in [2.75, 3.05) is 19.7 Å². The number of halogens is 1. The van der Waals surface area contributed by atoms with Crippen LogP contribution in [0, 0.1) is 5.92 Å². The van der Waals surface area contributed by atoms with Crippen molar-refractivity contribution >= 4 is 12.4 Å². The first-order chi connectivity index (χ1) is 8.20. The van der Waals surface area contributed by atoms with Crippen LogP contribution in [0.5, 0.6) is 5.75 Å². The van der Waals surface area contributed by atoms with Crippen molar-refractivity contribution in [3.8, 4) is 5.75 Å². The summed E-state index contributed by atoms with van der Waals surface area (Å²) in [5.41, 5.74) is 7.31.